The second-order valence-corrected chi connectivity index (χ2v) is 8.22. The van der Waals surface area contributed by atoms with Gasteiger partial charge in [-0.1, -0.05) is 6.07 Å². The quantitative estimate of drug-likeness (QED) is 0.642. The Morgan fingerprint density at radius 1 is 1.33 bits per heavy atom. The Morgan fingerprint density at radius 2 is 2.17 bits per heavy atom. The Bertz CT molecular complexity index is 640. The van der Waals surface area contributed by atoms with Gasteiger partial charge in [0.1, 0.15) is 0 Å². The first-order valence-corrected chi connectivity index (χ1v) is 10.1. The molecule has 1 amide bonds. The molecule has 0 bridgehead atoms. The number of nitrogens with zero attached hydrogens (tertiary/aromatic N) is 1. The van der Waals surface area contributed by atoms with Crippen molar-refractivity contribution in [2.24, 2.45) is 0 Å². The number of carbonyl (C=O) groups is 1. The van der Waals surface area contributed by atoms with Gasteiger partial charge in [0.25, 0.3) is 0 Å². The van der Waals surface area contributed by atoms with E-state index in [-0.39, 0.29) is 12.0 Å². The molecule has 1 atom stereocenters. The third-order valence-corrected chi connectivity index (χ3v) is 5.52. The van der Waals surface area contributed by atoms with Gasteiger partial charge in [-0.2, -0.15) is 0 Å². The number of nitrogens with one attached hydrogen (secondary N) is 1. The van der Waals surface area contributed by atoms with Crippen molar-refractivity contribution in [2.45, 2.75) is 25.5 Å². The second-order valence-electron chi connectivity index (χ2n) is 5.94. The van der Waals surface area contributed by atoms with Crippen molar-refractivity contribution < 1.29 is 9.53 Å². The Hall–Kier alpha value is -0.960. The van der Waals surface area contributed by atoms with Crippen LogP contribution in [0.1, 0.15) is 17.7 Å². The van der Waals surface area contributed by atoms with Crippen LogP contribution in [-0.2, 0) is 16.1 Å². The molecule has 0 radical (unpaired) electrons. The smallest absolute Gasteiger partial charge is 0.238 e. The third-order valence-electron chi connectivity index (χ3n) is 3.94. The van der Waals surface area contributed by atoms with Crippen LogP contribution in [-0.4, -0.2) is 36.6 Å². The van der Waals surface area contributed by atoms with Gasteiger partial charge in [0.2, 0.25) is 5.91 Å². The zero-order valence-electron chi connectivity index (χ0n) is 13.4. The lowest BCUT2D eigenvalue weighted by atomic mass is 10.2. The van der Waals surface area contributed by atoms with Crippen LogP contribution in [0, 0.1) is 3.57 Å². The summed E-state index contributed by atoms with van der Waals surface area (Å²) >= 11 is 3.98. The minimum atomic E-state index is 0.0192. The predicted molar refractivity (Wildman–Crippen MR) is 106 cm³/mol. The summed E-state index contributed by atoms with van der Waals surface area (Å²) in [6.07, 6.45) is 2.45. The van der Waals surface area contributed by atoms with Gasteiger partial charge < -0.3 is 10.1 Å². The van der Waals surface area contributed by atoms with Crippen molar-refractivity contribution in [1.29, 1.82) is 0 Å². The Balaban J connectivity index is 1.58. The molecule has 0 spiro atoms. The van der Waals surface area contributed by atoms with Crippen molar-refractivity contribution in [3.8, 4) is 0 Å². The Labute approximate surface area is 160 Å². The number of halogens is 1. The molecule has 0 unspecified atom stereocenters. The number of thiophene rings is 1. The summed E-state index contributed by atoms with van der Waals surface area (Å²) < 4.78 is 6.90. The fraction of sp³-hybridized carbons (Fsp3) is 0.389. The number of anilines is 1. The summed E-state index contributed by atoms with van der Waals surface area (Å²) in [5.41, 5.74) is 0.841. The standard InChI is InChI=1S/C18H21IN2O2S/c19-14-5-7-15(8-6-14)20-18(22)13-21(11-16-3-1-9-23-16)12-17-4-2-10-24-17/h2,4-8,10,16H,1,3,9,11-13H2,(H,20,22)/t16-/m0/s1. The van der Waals surface area contributed by atoms with E-state index in [4.69, 9.17) is 4.74 Å². The molecule has 2 aromatic rings. The molecule has 1 aromatic heterocycles. The monoisotopic (exact) mass is 456 g/mol. The first kappa shape index (κ1) is 17.8. The van der Waals surface area contributed by atoms with Gasteiger partial charge in [-0.25, -0.2) is 0 Å². The highest BCUT2D eigenvalue weighted by Gasteiger charge is 2.21. The lowest BCUT2D eigenvalue weighted by Crippen LogP contribution is -2.37. The van der Waals surface area contributed by atoms with Gasteiger partial charge in [-0.15, -0.1) is 11.3 Å². The molecule has 1 aliphatic rings. The van der Waals surface area contributed by atoms with E-state index in [1.165, 1.54) is 4.88 Å². The number of hydrogen-bond donors (Lipinski definition) is 1. The first-order chi connectivity index (χ1) is 11.7. The maximum absolute atomic E-state index is 12.4. The van der Waals surface area contributed by atoms with E-state index in [0.29, 0.717) is 6.54 Å². The van der Waals surface area contributed by atoms with E-state index >= 15 is 0 Å². The van der Waals surface area contributed by atoms with Crippen LogP contribution in [0.5, 0.6) is 0 Å². The molecular weight excluding hydrogens is 435 g/mol. The van der Waals surface area contributed by atoms with E-state index < -0.39 is 0 Å². The van der Waals surface area contributed by atoms with E-state index in [1.807, 2.05) is 24.3 Å². The maximum Gasteiger partial charge on any atom is 0.238 e. The summed E-state index contributed by atoms with van der Waals surface area (Å²) in [5.74, 6) is 0.0192. The van der Waals surface area contributed by atoms with Crippen molar-refractivity contribution >= 4 is 45.5 Å². The molecular formula is C18H21IN2O2S. The third kappa shape index (κ3) is 5.54. The molecule has 128 valence electrons. The van der Waals surface area contributed by atoms with Crippen molar-refractivity contribution in [1.82, 2.24) is 4.90 Å². The molecule has 1 fully saturated rings. The highest BCUT2D eigenvalue weighted by atomic mass is 127. The summed E-state index contributed by atoms with van der Waals surface area (Å²) in [6, 6.07) is 12.0. The number of rotatable bonds is 7. The van der Waals surface area contributed by atoms with Crippen LogP contribution in [0.2, 0.25) is 0 Å². The Kier molecular flexibility index (Phi) is 6.65. The zero-order chi connectivity index (χ0) is 16.8. The molecule has 2 heterocycles. The highest BCUT2D eigenvalue weighted by Crippen LogP contribution is 2.17. The highest BCUT2D eigenvalue weighted by molar-refractivity contribution is 14.1. The van der Waals surface area contributed by atoms with Crippen molar-refractivity contribution in [3.63, 3.8) is 0 Å². The first-order valence-electron chi connectivity index (χ1n) is 8.11. The lowest BCUT2D eigenvalue weighted by molar-refractivity contribution is -0.117. The molecule has 1 aliphatic heterocycles. The Morgan fingerprint density at radius 3 is 2.83 bits per heavy atom. The van der Waals surface area contributed by atoms with E-state index in [2.05, 4.69) is 50.3 Å². The lowest BCUT2D eigenvalue weighted by Gasteiger charge is -2.24. The van der Waals surface area contributed by atoms with E-state index in [9.17, 15) is 4.79 Å². The predicted octanol–water partition coefficient (Wildman–Crippen LogP) is 3.97. The number of ether oxygens (including phenoxy) is 1. The van der Waals surface area contributed by atoms with Crippen LogP contribution in [0.4, 0.5) is 5.69 Å². The van der Waals surface area contributed by atoms with Gasteiger partial charge in [-0.3, -0.25) is 9.69 Å². The summed E-state index contributed by atoms with van der Waals surface area (Å²) in [4.78, 5) is 15.9. The van der Waals surface area contributed by atoms with Crippen LogP contribution in [0.25, 0.3) is 0 Å². The van der Waals surface area contributed by atoms with Crippen molar-refractivity contribution in [3.05, 3.63) is 50.2 Å². The molecule has 1 N–H and O–H groups in total. The van der Waals surface area contributed by atoms with Crippen LogP contribution < -0.4 is 5.32 Å². The fourth-order valence-electron chi connectivity index (χ4n) is 2.82. The average Bonchev–Trinajstić information content (AvgIpc) is 3.23. The van der Waals surface area contributed by atoms with E-state index in [0.717, 1.165) is 41.8 Å². The molecule has 3 rings (SSSR count). The SMILES string of the molecule is O=C(CN(Cc1cccs1)C[C@@H]1CCCO1)Nc1ccc(I)cc1. The molecule has 0 aliphatic carbocycles. The zero-order valence-corrected chi connectivity index (χ0v) is 16.4. The molecule has 6 heteroatoms. The molecule has 4 nitrogen and oxygen atoms in total. The van der Waals surface area contributed by atoms with Crippen molar-refractivity contribution in [2.75, 3.05) is 25.0 Å². The summed E-state index contributed by atoms with van der Waals surface area (Å²) in [7, 11) is 0. The summed E-state index contributed by atoms with van der Waals surface area (Å²) in [5, 5.41) is 5.06. The second kappa shape index (κ2) is 8.94. The van der Waals surface area contributed by atoms with Crippen LogP contribution in [0.3, 0.4) is 0 Å². The molecule has 24 heavy (non-hydrogen) atoms. The number of hydrogen-bond acceptors (Lipinski definition) is 4. The largest absolute Gasteiger partial charge is 0.377 e. The summed E-state index contributed by atoms with van der Waals surface area (Å²) in [6.45, 7) is 2.81. The topological polar surface area (TPSA) is 41.6 Å². The molecule has 1 aromatic carbocycles. The minimum absolute atomic E-state index is 0.0192. The van der Waals surface area contributed by atoms with Gasteiger partial charge in [0, 0.05) is 33.8 Å². The molecule has 1 saturated heterocycles. The minimum Gasteiger partial charge on any atom is -0.377 e. The average molecular weight is 456 g/mol. The number of benzene rings is 1. The normalized spacial score (nSPS) is 17.3. The number of carbonyl (C=O) groups excluding carboxylic acids is 1. The van der Waals surface area contributed by atoms with Gasteiger partial charge in [-0.05, 0) is 71.1 Å². The van der Waals surface area contributed by atoms with Crippen LogP contribution in [0.15, 0.2) is 41.8 Å². The van der Waals surface area contributed by atoms with E-state index in [1.54, 1.807) is 11.3 Å². The fourth-order valence-corrected chi connectivity index (χ4v) is 3.93. The van der Waals surface area contributed by atoms with Crippen LogP contribution >= 0.6 is 33.9 Å². The maximum atomic E-state index is 12.4. The van der Waals surface area contributed by atoms with Gasteiger partial charge in [0.05, 0.1) is 12.6 Å². The van der Waals surface area contributed by atoms with Gasteiger partial charge in [0.15, 0.2) is 0 Å². The number of amides is 1. The van der Waals surface area contributed by atoms with Gasteiger partial charge >= 0.3 is 0 Å². The molecule has 0 saturated carbocycles.